The van der Waals surface area contributed by atoms with E-state index < -0.39 is 17.6 Å². The zero-order valence-corrected chi connectivity index (χ0v) is 14.1. The summed E-state index contributed by atoms with van der Waals surface area (Å²) in [5.74, 6) is -0.180. The first kappa shape index (κ1) is 18.6. The van der Waals surface area contributed by atoms with Gasteiger partial charge in [-0.05, 0) is 25.0 Å². The molecule has 1 N–H and O–H groups in total. The zero-order chi connectivity index (χ0) is 17.9. The highest BCUT2D eigenvalue weighted by molar-refractivity contribution is 8.03. The van der Waals surface area contributed by atoms with Gasteiger partial charge in [-0.3, -0.25) is 0 Å². The fourth-order valence-electron chi connectivity index (χ4n) is 2.20. The van der Waals surface area contributed by atoms with E-state index in [1.165, 1.54) is 0 Å². The summed E-state index contributed by atoms with van der Waals surface area (Å²) in [4.78, 5) is -0.352. The lowest BCUT2D eigenvalue weighted by Crippen LogP contribution is -2.19. The van der Waals surface area contributed by atoms with Crippen LogP contribution in [0.4, 0.5) is 23.6 Å². The van der Waals surface area contributed by atoms with Crippen LogP contribution < -0.4 is 5.32 Å². The number of anilines is 1. The van der Waals surface area contributed by atoms with E-state index in [-0.39, 0.29) is 35.0 Å². The molecule has 1 aliphatic carbocycles. The van der Waals surface area contributed by atoms with E-state index in [2.05, 4.69) is 22.1 Å². The summed E-state index contributed by atoms with van der Waals surface area (Å²) in [6.07, 6.45) is -4.29. The van der Waals surface area contributed by atoms with Gasteiger partial charge in [0.15, 0.2) is 0 Å². The van der Waals surface area contributed by atoms with Crippen molar-refractivity contribution in [1.82, 2.24) is 10.2 Å². The number of nitrogens with one attached hydrogen (secondary N) is 1. The molecule has 0 spiro atoms. The Morgan fingerprint density at radius 3 is 2.58 bits per heavy atom. The molecule has 0 atom stereocenters. The van der Waals surface area contributed by atoms with Gasteiger partial charge in [0.25, 0.3) is 0 Å². The van der Waals surface area contributed by atoms with Gasteiger partial charge in [-0.1, -0.05) is 18.6 Å². The Labute approximate surface area is 141 Å². The second kappa shape index (κ2) is 7.42. The molecule has 0 unspecified atom stereocenters. The summed E-state index contributed by atoms with van der Waals surface area (Å²) in [5.41, 5.74) is -0.604. The summed E-state index contributed by atoms with van der Waals surface area (Å²) < 4.78 is 59.2. The van der Waals surface area contributed by atoms with E-state index in [0.29, 0.717) is 18.1 Å². The number of hydrogen-bond acceptors (Lipinski definition) is 5. The average molecular weight is 363 g/mol. The van der Waals surface area contributed by atoms with Gasteiger partial charge in [0.2, 0.25) is 5.89 Å². The summed E-state index contributed by atoms with van der Waals surface area (Å²) in [7, 11) is 0. The molecule has 2 rings (SSSR count). The van der Waals surface area contributed by atoms with Crippen molar-refractivity contribution in [2.45, 2.75) is 39.3 Å². The smallest absolute Gasteiger partial charge is 0.408 e. The topological polar surface area (TPSA) is 51.0 Å². The minimum Gasteiger partial charge on any atom is -0.408 e. The lowest BCUT2D eigenvalue weighted by Gasteiger charge is -2.24. The molecule has 0 radical (unpaired) electrons. The summed E-state index contributed by atoms with van der Waals surface area (Å²) in [6, 6.07) is 0.0196. The van der Waals surface area contributed by atoms with Gasteiger partial charge in [0.1, 0.15) is 5.83 Å². The minimum atomic E-state index is -4.54. The molecule has 1 heterocycles. The number of aryl methyl sites for hydroxylation is 1. The first-order chi connectivity index (χ1) is 11.2. The van der Waals surface area contributed by atoms with Crippen molar-refractivity contribution in [3.05, 3.63) is 40.0 Å². The Kier molecular flexibility index (Phi) is 5.74. The summed E-state index contributed by atoms with van der Waals surface area (Å²) in [5, 5.41) is 9.96. The van der Waals surface area contributed by atoms with Gasteiger partial charge >= 0.3 is 12.2 Å². The minimum absolute atomic E-state index is 0.0196. The monoisotopic (exact) mass is 363 g/mol. The second-order valence-corrected chi connectivity index (χ2v) is 6.28. The van der Waals surface area contributed by atoms with Crippen LogP contribution >= 0.6 is 11.8 Å². The predicted octanol–water partition coefficient (Wildman–Crippen LogP) is 5.28. The van der Waals surface area contributed by atoms with Crippen LogP contribution in [-0.2, 0) is 0 Å². The third-order valence-corrected chi connectivity index (χ3v) is 4.63. The molecule has 24 heavy (non-hydrogen) atoms. The Morgan fingerprint density at radius 2 is 2.04 bits per heavy atom. The molecule has 1 aromatic rings. The normalized spacial score (nSPS) is 15.9. The SMILES string of the molecule is C=C(Nc1nnc(C)o1)C1=C(F)C(SCCC)=C(C(F)(F)F)CC1. The highest BCUT2D eigenvalue weighted by Crippen LogP contribution is 2.46. The number of hydrogen-bond donors (Lipinski definition) is 1. The van der Waals surface area contributed by atoms with Gasteiger partial charge in [0.05, 0.1) is 4.91 Å². The molecule has 1 aliphatic rings. The van der Waals surface area contributed by atoms with Crippen molar-refractivity contribution in [3.8, 4) is 0 Å². The summed E-state index contributed by atoms with van der Waals surface area (Å²) >= 11 is 0.878. The van der Waals surface area contributed by atoms with Crippen LogP contribution in [0, 0.1) is 6.92 Å². The molecule has 132 valence electrons. The Balaban J connectivity index is 2.32. The van der Waals surface area contributed by atoms with Crippen LogP contribution in [0.25, 0.3) is 0 Å². The zero-order valence-electron chi connectivity index (χ0n) is 13.3. The van der Waals surface area contributed by atoms with E-state index >= 15 is 0 Å². The van der Waals surface area contributed by atoms with Crippen LogP contribution in [0.2, 0.25) is 0 Å². The van der Waals surface area contributed by atoms with Gasteiger partial charge in [-0.15, -0.1) is 16.9 Å². The number of nitrogens with zero attached hydrogens (tertiary/aromatic N) is 2. The van der Waals surface area contributed by atoms with E-state index in [9.17, 15) is 17.6 Å². The fraction of sp³-hybridized carbons (Fsp3) is 0.467. The number of allylic oxidation sites excluding steroid dienone is 3. The molecule has 0 saturated heterocycles. The van der Waals surface area contributed by atoms with Crippen molar-refractivity contribution in [2.75, 3.05) is 11.1 Å². The lowest BCUT2D eigenvalue weighted by molar-refractivity contribution is -0.0946. The van der Waals surface area contributed by atoms with Crippen molar-refractivity contribution in [2.24, 2.45) is 0 Å². The van der Waals surface area contributed by atoms with Gasteiger partial charge in [-0.2, -0.15) is 13.2 Å². The first-order valence-electron chi connectivity index (χ1n) is 7.32. The third-order valence-electron chi connectivity index (χ3n) is 3.30. The second-order valence-electron chi connectivity index (χ2n) is 5.18. The maximum Gasteiger partial charge on any atom is 0.413 e. The van der Waals surface area contributed by atoms with E-state index in [1.54, 1.807) is 6.92 Å². The standard InChI is InChI=1S/C15H17F4N3OS/c1-4-7-24-13-11(15(17,18)19)6-5-10(12(13)16)8(2)20-14-22-21-9(3)23-14/h2,4-7H2,1,3H3,(H,20,22). The molecule has 1 aromatic heterocycles. The van der Waals surface area contributed by atoms with Gasteiger partial charge < -0.3 is 9.73 Å². The molecular weight excluding hydrogens is 346 g/mol. The number of alkyl halides is 3. The molecule has 0 bridgehead atoms. The highest BCUT2D eigenvalue weighted by Gasteiger charge is 2.40. The van der Waals surface area contributed by atoms with Crippen LogP contribution in [0.3, 0.4) is 0 Å². The Hall–Kier alpha value is -1.77. The highest BCUT2D eigenvalue weighted by atomic mass is 32.2. The molecule has 4 nitrogen and oxygen atoms in total. The fourth-order valence-corrected chi connectivity index (χ4v) is 3.25. The molecule has 0 amide bonds. The maximum absolute atomic E-state index is 14.7. The molecular formula is C15H17F4N3OS. The van der Waals surface area contributed by atoms with Crippen molar-refractivity contribution >= 4 is 17.8 Å². The van der Waals surface area contributed by atoms with Gasteiger partial charge in [0, 0.05) is 23.8 Å². The van der Waals surface area contributed by atoms with Crippen LogP contribution in [0.5, 0.6) is 0 Å². The lowest BCUT2D eigenvalue weighted by atomic mass is 9.95. The quantitative estimate of drug-likeness (QED) is 0.697. The molecule has 0 saturated carbocycles. The molecule has 0 aliphatic heterocycles. The van der Waals surface area contributed by atoms with Gasteiger partial charge in [-0.25, -0.2) is 4.39 Å². The van der Waals surface area contributed by atoms with Crippen LogP contribution in [0.1, 0.15) is 32.1 Å². The number of halogens is 4. The van der Waals surface area contributed by atoms with E-state index in [1.807, 2.05) is 6.92 Å². The van der Waals surface area contributed by atoms with Crippen LogP contribution in [0.15, 0.2) is 38.6 Å². The summed E-state index contributed by atoms with van der Waals surface area (Å²) in [6.45, 7) is 7.09. The average Bonchev–Trinajstić information content (AvgIpc) is 2.89. The van der Waals surface area contributed by atoms with Crippen molar-refractivity contribution in [3.63, 3.8) is 0 Å². The van der Waals surface area contributed by atoms with Crippen LogP contribution in [-0.4, -0.2) is 22.1 Å². The van der Waals surface area contributed by atoms with E-state index in [0.717, 1.165) is 11.8 Å². The largest absolute Gasteiger partial charge is 0.413 e. The number of aromatic nitrogens is 2. The maximum atomic E-state index is 14.7. The molecule has 9 heteroatoms. The first-order valence-corrected chi connectivity index (χ1v) is 8.31. The molecule has 0 fully saturated rings. The van der Waals surface area contributed by atoms with Crippen molar-refractivity contribution in [1.29, 1.82) is 0 Å². The Morgan fingerprint density at radius 1 is 1.33 bits per heavy atom. The van der Waals surface area contributed by atoms with Crippen molar-refractivity contribution < 1.29 is 22.0 Å². The number of rotatable bonds is 6. The molecule has 0 aromatic carbocycles. The third kappa shape index (κ3) is 4.19. The Bertz CT molecular complexity index is 691. The van der Waals surface area contributed by atoms with E-state index in [4.69, 9.17) is 4.42 Å². The predicted molar refractivity (Wildman–Crippen MR) is 85.0 cm³/mol. The number of thioether (sulfide) groups is 1.